The Morgan fingerprint density at radius 2 is 2.33 bits per heavy atom. The van der Waals surface area contributed by atoms with Crippen LogP contribution >= 0.6 is 0 Å². The number of nitrogens with one attached hydrogen (secondary N) is 1. The van der Waals surface area contributed by atoms with Crippen LogP contribution in [-0.2, 0) is 0 Å². The molecule has 0 saturated carbocycles. The summed E-state index contributed by atoms with van der Waals surface area (Å²) in [6, 6.07) is -0.0293. The van der Waals surface area contributed by atoms with Crippen LogP contribution in [0.5, 0.6) is 0 Å². The van der Waals surface area contributed by atoms with Crippen LogP contribution in [0.3, 0.4) is 0 Å². The quantitative estimate of drug-likeness (QED) is 0.434. The van der Waals surface area contributed by atoms with Gasteiger partial charge in [0.05, 0.1) is 6.61 Å². The molecule has 0 fully saturated rings. The van der Waals surface area contributed by atoms with Gasteiger partial charge >= 0.3 is 0 Å². The van der Waals surface area contributed by atoms with Crippen molar-refractivity contribution in [1.82, 2.24) is 5.32 Å². The molecule has 0 aliphatic heterocycles. The molecule has 0 rings (SSSR count). The summed E-state index contributed by atoms with van der Waals surface area (Å²) >= 11 is 0. The zero-order valence-electron chi connectivity index (χ0n) is 5.93. The summed E-state index contributed by atoms with van der Waals surface area (Å²) in [6.45, 7) is 1.08. The predicted molar refractivity (Wildman–Crippen MR) is 38.2 cm³/mol. The average Bonchev–Trinajstić information content (AvgIpc) is 1.89. The van der Waals surface area contributed by atoms with Crippen LogP contribution in [0.25, 0.3) is 0 Å². The smallest absolute Gasteiger partial charge is 0.0582 e. The highest BCUT2D eigenvalue weighted by molar-refractivity contribution is 4.58. The van der Waals surface area contributed by atoms with E-state index in [4.69, 9.17) is 10.8 Å². The molecule has 0 radical (unpaired) electrons. The van der Waals surface area contributed by atoms with Crippen molar-refractivity contribution in [2.45, 2.75) is 18.9 Å². The SMILES string of the molecule is CNCCCC(N)CO. The second-order valence-corrected chi connectivity index (χ2v) is 2.19. The van der Waals surface area contributed by atoms with Gasteiger partial charge in [-0.25, -0.2) is 0 Å². The largest absolute Gasteiger partial charge is 0.395 e. The Morgan fingerprint density at radius 3 is 2.78 bits per heavy atom. The highest BCUT2D eigenvalue weighted by Gasteiger charge is 1.97. The number of rotatable bonds is 5. The number of aliphatic hydroxyl groups excluding tert-OH is 1. The van der Waals surface area contributed by atoms with Gasteiger partial charge in [0, 0.05) is 6.04 Å². The van der Waals surface area contributed by atoms with Crippen LogP contribution in [-0.4, -0.2) is 31.3 Å². The van der Waals surface area contributed by atoms with Gasteiger partial charge in [0.1, 0.15) is 0 Å². The van der Waals surface area contributed by atoms with Crippen molar-refractivity contribution in [1.29, 1.82) is 0 Å². The van der Waals surface area contributed by atoms with Gasteiger partial charge in [0.2, 0.25) is 0 Å². The zero-order valence-corrected chi connectivity index (χ0v) is 5.93. The fourth-order valence-electron chi connectivity index (χ4n) is 0.632. The minimum absolute atomic E-state index is 0.0293. The van der Waals surface area contributed by atoms with Crippen LogP contribution < -0.4 is 11.1 Å². The Kier molecular flexibility index (Phi) is 5.93. The topological polar surface area (TPSA) is 58.3 Å². The van der Waals surface area contributed by atoms with E-state index in [1.54, 1.807) is 0 Å². The minimum Gasteiger partial charge on any atom is -0.395 e. The van der Waals surface area contributed by atoms with Gasteiger partial charge in [0.25, 0.3) is 0 Å². The first kappa shape index (κ1) is 8.88. The normalized spacial score (nSPS) is 13.7. The van der Waals surface area contributed by atoms with Crippen molar-refractivity contribution >= 4 is 0 Å². The number of aliphatic hydroxyl groups is 1. The van der Waals surface area contributed by atoms with Crippen LogP contribution in [0.4, 0.5) is 0 Å². The first-order chi connectivity index (χ1) is 4.31. The standard InChI is InChI=1S/C6H16N2O/c1-8-4-2-3-6(7)5-9/h6,8-9H,2-5,7H2,1H3. The lowest BCUT2D eigenvalue weighted by atomic mass is 10.2. The monoisotopic (exact) mass is 132 g/mol. The van der Waals surface area contributed by atoms with Gasteiger partial charge in [-0.1, -0.05) is 0 Å². The third-order valence-corrected chi connectivity index (χ3v) is 1.24. The van der Waals surface area contributed by atoms with E-state index in [1.807, 2.05) is 7.05 Å². The van der Waals surface area contributed by atoms with E-state index in [-0.39, 0.29) is 12.6 Å². The molecule has 0 aromatic heterocycles. The Morgan fingerprint density at radius 1 is 1.67 bits per heavy atom. The molecule has 0 heterocycles. The van der Waals surface area contributed by atoms with Gasteiger partial charge < -0.3 is 16.2 Å². The van der Waals surface area contributed by atoms with E-state index in [2.05, 4.69) is 5.32 Å². The Hall–Kier alpha value is -0.120. The Bertz CT molecular complexity index is 59.0. The summed E-state index contributed by atoms with van der Waals surface area (Å²) in [6.07, 6.45) is 1.94. The summed E-state index contributed by atoms with van der Waals surface area (Å²) < 4.78 is 0. The molecule has 0 aromatic carbocycles. The molecule has 0 saturated heterocycles. The lowest BCUT2D eigenvalue weighted by Crippen LogP contribution is -2.25. The molecule has 0 aliphatic rings. The number of hydrogen-bond acceptors (Lipinski definition) is 3. The van der Waals surface area contributed by atoms with E-state index in [0.29, 0.717) is 0 Å². The van der Waals surface area contributed by atoms with E-state index in [0.717, 1.165) is 19.4 Å². The van der Waals surface area contributed by atoms with Crippen molar-refractivity contribution in [3.63, 3.8) is 0 Å². The molecule has 0 bridgehead atoms. The summed E-state index contributed by atoms with van der Waals surface area (Å²) in [5, 5.41) is 11.5. The van der Waals surface area contributed by atoms with Gasteiger partial charge in [0.15, 0.2) is 0 Å². The molecule has 0 amide bonds. The molecule has 1 atom stereocenters. The average molecular weight is 132 g/mol. The van der Waals surface area contributed by atoms with Crippen molar-refractivity contribution in [2.75, 3.05) is 20.2 Å². The molecule has 4 N–H and O–H groups in total. The maximum atomic E-state index is 8.49. The molecule has 9 heavy (non-hydrogen) atoms. The number of hydrogen-bond donors (Lipinski definition) is 3. The first-order valence-corrected chi connectivity index (χ1v) is 3.32. The predicted octanol–water partition coefficient (Wildman–Crippen LogP) is -0.694. The number of nitrogens with two attached hydrogens (primary N) is 1. The second kappa shape index (κ2) is 6.01. The summed E-state index contributed by atoms with van der Waals surface area (Å²) in [4.78, 5) is 0. The van der Waals surface area contributed by atoms with Crippen molar-refractivity contribution in [2.24, 2.45) is 5.73 Å². The van der Waals surface area contributed by atoms with Crippen molar-refractivity contribution in [3.05, 3.63) is 0 Å². The highest BCUT2D eigenvalue weighted by atomic mass is 16.3. The van der Waals surface area contributed by atoms with Crippen LogP contribution in [0.2, 0.25) is 0 Å². The van der Waals surface area contributed by atoms with Crippen LogP contribution in [0.15, 0.2) is 0 Å². The Labute approximate surface area is 56.2 Å². The summed E-state index contributed by atoms with van der Waals surface area (Å²) in [5.74, 6) is 0. The highest BCUT2D eigenvalue weighted by Crippen LogP contribution is 1.90. The molecule has 3 heteroatoms. The van der Waals surface area contributed by atoms with Crippen LogP contribution in [0, 0.1) is 0 Å². The third-order valence-electron chi connectivity index (χ3n) is 1.24. The van der Waals surface area contributed by atoms with Gasteiger partial charge in [-0.05, 0) is 26.4 Å². The third kappa shape index (κ3) is 5.76. The van der Waals surface area contributed by atoms with Gasteiger partial charge in [-0.2, -0.15) is 0 Å². The fraction of sp³-hybridized carbons (Fsp3) is 1.00. The molecule has 0 spiro atoms. The van der Waals surface area contributed by atoms with E-state index < -0.39 is 0 Å². The molecular formula is C6H16N2O. The van der Waals surface area contributed by atoms with E-state index in [1.165, 1.54) is 0 Å². The van der Waals surface area contributed by atoms with E-state index >= 15 is 0 Å². The molecule has 1 unspecified atom stereocenters. The van der Waals surface area contributed by atoms with Gasteiger partial charge in [-0.15, -0.1) is 0 Å². The molecule has 0 aromatic rings. The maximum Gasteiger partial charge on any atom is 0.0582 e. The lowest BCUT2D eigenvalue weighted by Gasteiger charge is -2.05. The van der Waals surface area contributed by atoms with Crippen molar-refractivity contribution in [3.8, 4) is 0 Å². The van der Waals surface area contributed by atoms with Crippen molar-refractivity contribution < 1.29 is 5.11 Å². The Balaban J connectivity index is 2.88. The fourth-order valence-corrected chi connectivity index (χ4v) is 0.632. The molecule has 0 aliphatic carbocycles. The molecule has 56 valence electrons. The minimum atomic E-state index is -0.0293. The van der Waals surface area contributed by atoms with E-state index in [9.17, 15) is 0 Å². The maximum absolute atomic E-state index is 8.49. The van der Waals surface area contributed by atoms with Gasteiger partial charge in [-0.3, -0.25) is 0 Å². The molecule has 3 nitrogen and oxygen atoms in total. The first-order valence-electron chi connectivity index (χ1n) is 3.32. The summed E-state index contributed by atoms with van der Waals surface area (Å²) in [5.41, 5.74) is 5.44. The zero-order chi connectivity index (χ0) is 7.11. The summed E-state index contributed by atoms with van der Waals surface area (Å²) in [7, 11) is 1.91. The molecular weight excluding hydrogens is 116 g/mol. The lowest BCUT2D eigenvalue weighted by molar-refractivity contribution is 0.258. The van der Waals surface area contributed by atoms with Crippen LogP contribution in [0.1, 0.15) is 12.8 Å². The second-order valence-electron chi connectivity index (χ2n) is 2.19.